The molecule has 0 spiro atoms. The minimum atomic E-state index is 0. The molecule has 0 aliphatic carbocycles. The molecule has 0 rings (SSSR count). The Hall–Kier alpha value is -0.530. The third kappa shape index (κ3) is 23.0. The fourth-order valence-corrected chi connectivity index (χ4v) is 0.959. The predicted octanol–water partition coefficient (Wildman–Crippen LogP) is 0.873. The van der Waals surface area contributed by atoms with E-state index in [2.05, 4.69) is 0 Å². The van der Waals surface area contributed by atoms with Crippen molar-refractivity contribution < 1.29 is 25.2 Å². The summed E-state index contributed by atoms with van der Waals surface area (Å²) in [6, 6.07) is 0. The van der Waals surface area contributed by atoms with E-state index in [0.29, 0.717) is 52.8 Å². The van der Waals surface area contributed by atoms with Gasteiger partial charge in [-0.1, -0.05) is 13.8 Å². The topological polar surface area (TPSA) is 80.0 Å². The number of ether oxygens (including phenoxy) is 4. The lowest BCUT2D eigenvalue weighted by Gasteiger charge is -2.06. The van der Waals surface area contributed by atoms with E-state index in [-0.39, 0.29) is 13.8 Å². The van der Waals surface area contributed by atoms with Crippen LogP contribution in [0.4, 0.5) is 0 Å². The minimum absolute atomic E-state index is 0. The molecular formula is C13H31NO5. The highest BCUT2D eigenvalue weighted by Crippen LogP contribution is 1.82. The fourth-order valence-electron chi connectivity index (χ4n) is 0.959. The first-order chi connectivity index (χ1) is 9.27. The zero-order valence-corrected chi connectivity index (χ0v) is 12.5. The van der Waals surface area contributed by atoms with Gasteiger partial charge < -0.3 is 24.7 Å². The largest absolute Gasteiger partial charge is 0.378 e. The molecule has 0 aliphatic heterocycles. The van der Waals surface area contributed by atoms with Gasteiger partial charge in [-0.05, 0) is 6.92 Å². The zero-order valence-electron chi connectivity index (χ0n) is 12.5. The SMILES string of the molecule is CC.CC(=O)COCCOCCOCCOCCN.[HH]. The molecule has 0 aromatic carbocycles. The van der Waals surface area contributed by atoms with Crippen LogP contribution in [0.25, 0.3) is 0 Å². The van der Waals surface area contributed by atoms with Crippen molar-refractivity contribution in [1.29, 1.82) is 0 Å². The maximum atomic E-state index is 10.5. The lowest BCUT2D eigenvalue weighted by molar-refractivity contribution is -0.122. The summed E-state index contributed by atoms with van der Waals surface area (Å²) in [4.78, 5) is 10.5. The van der Waals surface area contributed by atoms with Gasteiger partial charge in [0, 0.05) is 7.97 Å². The Kier molecular flexibility index (Phi) is 21.7. The molecule has 0 fully saturated rings. The molecule has 0 saturated heterocycles. The van der Waals surface area contributed by atoms with Gasteiger partial charge in [-0.2, -0.15) is 0 Å². The number of carbonyl (C=O) groups is 1. The van der Waals surface area contributed by atoms with Crippen molar-refractivity contribution >= 4 is 5.78 Å². The first kappa shape index (κ1) is 20.8. The Morgan fingerprint density at radius 1 is 0.842 bits per heavy atom. The summed E-state index contributed by atoms with van der Waals surface area (Å²) < 4.78 is 20.6. The molecule has 0 radical (unpaired) electrons. The summed E-state index contributed by atoms with van der Waals surface area (Å²) in [7, 11) is 0. The van der Waals surface area contributed by atoms with E-state index in [9.17, 15) is 4.79 Å². The molecule has 6 nitrogen and oxygen atoms in total. The lowest BCUT2D eigenvalue weighted by Crippen LogP contribution is -2.15. The third-order valence-corrected chi connectivity index (χ3v) is 1.68. The van der Waals surface area contributed by atoms with Crippen LogP contribution in [0.2, 0.25) is 0 Å². The minimum Gasteiger partial charge on any atom is -0.378 e. The summed E-state index contributed by atoms with van der Waals surface area (Å²) in [5.41, 5.74) is 5.25. The molecule has 0 aromatic heterocycles. The van der Waals surface area contributed by atoms with Crippen LogP contribution in [0.5, 0.6) is 0 Å². The molecule has 118 valence electrons. The molecule has 0 bridgehead atoms. The summed E-state index contributed by atoms with van der Waals surface area (Å²) in [5.74, 6) is 0.0193. The van der Waals surface area contributed by atoms with Crippen LogP contribution in [0.3, 0.4) is 0 Å². The van der Waals surface area contributed by atoms with Crippen molar-refractivity contribution in [2.24, 2.45) is 5.73 Å². The van der Waals surface area contributed by atoms with Gasteiger partial charge >= 0.3 is 0 Å². The summed E-state index contributed by atoms with van der Waals surface area (Å²) in [6.45, 7) is 9.78. The van der Waals surface area contributed by atoms with E-state index >= 15 is 0 Å². The monoisotopic (exact) mass is 281 g/mol. The second-order valence-corrected chi connectivity index (χ2v) is 3.38. The molecule has 0 aliphatic rings. The van der Waals surface area contributed by atoms with Crippen LogP contribution in [0.1, 0.15) is 22.2 Å². The van der Waals surface area contributed by atoms with Gasteiger partial charge in [-0.15, -0.1) is 0 Å². The maximum Gasteiger partial charge on any atom is 0.155 e. The molecule has 0 heterocycles. The van der Waals surface area contributed by atoms with E-state index in [1.54, 1.807) is 0 Å². The third-order valence-electron chi connectivity index (χ3n) is 1.68. The molecular weight excluding hydrogens is 250 g/mol. The summed E-state index contributed by atoms with van der Waals surface area (Å²) in [6.07, 6.45) is 0. The average molecular weight is 281 g/mol. The lowest BCUT2D eigenvalue weighted by atomic mass is 10.5. The Labute approximate surface area is 118 Å². The maximum absolute atomic E-state index is 10.5. The molecule has 19 heavy (non-hydrogen) atoms. The number of hydrogen-bond donors (Lipinski definition) is 1. The Bertz CT molecular complexity index is 184. The highest BCUT2D eigenvalue weighted by molar-refractivity contribution is 5.76. The van der Waals surface area contributed by atoms with Crippen LogP contribution < -0.4 is 5.73 Å². The first-order valence-corrected chi connectivity index (χ1v) is 6.78. The van der Waals surface area contributed by atoms with E-state index < -0.39 is 0 Å². The summed E-state index contributed by atoms with van der Waals surface area (Å²) >= 11 is 0. The first-order valence-electron chi connectivity index (χ1n) is 6.78. The van der Waals surface area contributed by atoms with Crippen molar-refractivity contribution in [1.82, 2.24) is 0 Å². The Balaban J connectivity index is -0.000000916. The fraction of sp³-hybridized carbons (Fsp3) is 0.923. The number of ketones is 1. The highest BCUT2D eigenvalue weighted by atomic mass is 16.6. The van der Waals surface area contributed by atoms with Gasteiger partial charge in [-0.25, -0.2) is 0 Å². The van der Waals surface area contributed by atoms with Crippen LogP contribution in [-0.4, -0.2) is 65.2 Å². The van der Waals surface area contributed by atoms with Crippen LogP contribution in [0.15, 0.2) is 0 Å². The normalized spacial score (nSPS) is 9.89. The standard InChI is InChI=1S/C11H23NO5.C2H6.H2/c1-11(13)10-17-9-8-16-7-6-15-5-4-14-3-2-12;1-2;/h2-10,12H2,1H3;1-2H3;1H. The van der Waals surface area contributed by atoms with E-state index in [1.807, 2.05) is 13.8 Å². The van der Waals surface area contributed by atoms with Crippen LogP contribution >= 0.6 is 0 Å². The predicted molar refractivity (Wildman–Crippen MR) is 76.5 cm³/mol. The van der Waals surface area contributed by atoms with Crippen LogP contribution in [0, 0.1) is 0 Å². The average Bonchev–Trinajstić information content (AvgIpc) is 2.42. The Morgan fingerprint density at radius 2 is 1.21 bits per heavy atom. The molecule has 0 atom stereocenters. The van der Waals surface area contributed by atoms with Crippen molar-refractivity contribution in [2.75, 3.05) is 59.4 Å². The molecule has 0 aromatic rings. The van der Waals surface area contributed by atoms with Gasteiger partial charge in [0.05, 0.1) is 46.2 Å². The van der Waals surface area contributed by atoms with Crippen molar-refractivity contribution in [3.05, 3.63) is 0 Å². The second-order valence-electron chi connectivity index (χ2n) is 3.38. The number of rotatable bonds is 13. The smallest absolute Gasteiger partial charge is 0.155 e. The highest BCUT2D eigenvalue weighted by Gasteiger charge is 1.94. The van der Waals surface area contributed by atoms with E-state index in [4.69, 9.17) is 24.7 Å². The van der Waals surface area contributed by atoms with Crippen molar-refractivity contribution in [3.63, 3.8) is 0 Å². The van der Waals surface area contributed by atoms with Gasteiger partial charge in [-0.3, -0.25) is 4.79 Å². The van der Waals surface area contributed by atoms with Crippen LogP contribution in [-0.2, 0) is 23.7 Å². The van der Waals surface area contributed by atoms with Gasteiger partial charge in [0.15, 0.2) is 5.78 Å². The number of nitrogens with two attached hydrogens (primary N) is 1. The van der Waals surface area contributed by atoms with Crippen molar-refractivity contribution in [2.45, 2.75) is 20.8 Å². The zero-order chi connectivity index (χ0) is 14.8. The molecule has 6 heteroatoms. The molecule has 0 unspecified atom stereocenters. The molecule has 0 amide bonds. The second kappa shape index (κ2) is 19.8. The number of hydrogen-bond acceptors (Lipinski definition) is 6. The quantitative estimate of drug-likeness (QED) is 0.505. The van der Waals surface area contributed by atoms with Crippen molar-refractivity contribution in [3.8, 4) is 0 Å². The van der Waals surface area contributed by atoms with Gasteiger partial charge in [0.2, 0.25) is 0 Å². The van der Waals surface area contributed by atoms with Gasteiger partial charge in [0.1, 0.15) is 6.61 Å². The van der Waals surface area contributed by atoms with Gasteiger partial charge in [0.25, 0.3) is 0 Å². The number of carbonyl (C=O) groups excluding carboxylic acids is 1. The molecule has 0 saturated carbocycles. The molecule has 2 N–H and O–H groups in total. The summed E-state index contributed by atoms with van der Waals surface area (Å²) in [5, 5.41) is 0. The van der Waals surface area contributed by atoms with E-state index in [0.717, 1.165) is 0 Å². The Morgan fingerprint density at radius 3 is 1.58 bits per heavy atom. The number of Topliss-reactive ketones (excluding diaryl/α,β-unsaturated/α-hetero) is 1. The van der Waals surface area contributed by atoms with E-state index in [1.165, 1.54) is 6.92 Å².